The molecular weight excluding hydrogens is 701 g/mol. The third-order valence-corrected chi connectivity index (χ3v) is 8.61. The van der Waals surface area contributed by atoms with E-state index in [2.05, 4.69) is 98.9 Å². The molecule has 2 atom stereocenters. The number of unbranched alkanes of at least 4 members (excludes halogenated alkanes) is 4. The molecule has 0 aromatic rings. The largest absolute Gasteiger partial charge is 0.472 e. The van der Waals surface area contributed by atoms with Gasteiger partial charge in [-0.05, 0) is 77.0 Å². The molecule has 54 heavy (non-hydrogen) atoms. The van der Waals surface area contributed by atoms with Gasteiger partial charge >= 0.3 is 19.8 Å². The molecule has 0 aliphatic carbocycles. The first kappa shape index (κ1) is 50.9. The van der Waals surface area contributed by atoms with Gasteiger partial charge in [0.25, 0.3) is 0 Å². The highest BCUT2D eigenvalue weighted by molar-refractivity contribution is 7.47. The Morgan fingerprint density at radius 2 is 1.04 bits per heavy atom. The van der Waals surface area contributed by atoms with Crippen LogP contribution >= 0.6 is 7.82 Å². The fourth-order valence-electron chi connectivity index (χ4n) is 4.55. The van der Waals surface area contributed by atoms with Crippen LogP contribution in [0.5, 0.6) is 0 Å². The second-order valence-electron chi connectivity index (χ2n) is 13.9. The molecule has 0 radical (unpaired) electrons. The maximum absolute atomic E-state index is 12.6. The molecule has 306 valence electrons. The predicted molar refractivity (Wildman–Crippen MR) is 224 cm³/mol. The van der Waals surface area contributed by atoms with Crippen molar-refractivity contribution in [3.8, 4) is 0 Å². The highest BCUT2D eigenvalue weighted by Crippen LogP contribution is 2.43. The molecule has 0 aliphatic heterocycles. The van der Waals surface area contributed by atoms with Gasteiger partial charge in [0.05, 0.1) is 27.7 Å². The summed E-state index contributed by atoms with van der Waals surface area (Å²) >= 11 is 0. The fourth-order valence-corrected chi connectivity index (χ4v) is 5.29. The molecule has 0 saturated heterocycles. The Morgan fingerprint density at radius 1 is 0.574 bits per heavy atom. The quantitative estimate of drug-likeness (QED) is 0.0226. The number of quaternary nitrogens is 1. The van der Waals surface area contributed by atoms with Crippen LogP contribution in [0, 0.1) is 0 Å². The minimum Gasteiger partial charge on any atom is -0.462 e. The molecule has 0 rings (SSSR count). The summed E-state index contributed by atoms with van der Waals surface area (Å²) in [6.07, 6.45) is 46.2. The third kappa shape index (κ3) is 38.6. The van der Waals surface area contributed by atoms with Crippen LogP contribution in [-0.4, -0.2) is 74.9 Å². The molecular formula is C44H73NO8P+. The lowest BCUT2D eigenvalue weighted by Crippen LogP contribution is -2.37. The van der Waals surface area contributed by atoms with E-state index in [0.29, 0.717) is 23.9 Å². The number of carbonyl (C=O) groups excluding carboxylic acids is 2. The van der Waals surface area contributed by atoms with Crippen LogP contribution in [0.15, 0.2) is 97.2 Å². The van der Waals surface area contributed by atoms with E-state index in [1.54, 1.807) is 0 Å². The first-order valence-corrected chi connectivity index (χ1v) is 21.5. The number of phosphoric acid groups is 1. The standard InChI is InChI=1S/C44H72NO8P/c1-6-8-10-12-14-16-18-20-21-22-23-25-27-29-31-33-35-37-44(47)53-42(41-52-54(48,49)51-39-38-45(3,4)5)40-50-43(46)36-34-32-30-28-26-24-19-17-15-13-11-9-7-2/h8-11,14-17,20-21,23-26,30,32,42H,6-7,12-13,18-19,22,27-29,31,33-41H2,1-5H3/p+1/b10-8-,11-9-,16-14-,17-15-,21-20-,25-23-,26-24-,32-30-. The van der Waals surface area contributed by atoms with Gasteiger partial charge in [0.15, 0.2) is 6.10 Å². The van der Waals surface area contributed by atoms with E-state index in [-0.39, 0.29) is 26.1 Å². The number of allylic oxidation sites excluding steroid dienone is 16. The number of nitrogens with zero attached hydrogens (tertiary/aromatic N) is 1. The van der Waals surface area contributed by atoms with Gasteiger partial charge < -0.3 is 18.9 Å². The number of phosphoric ester groups is 1. The van der Waals surface area contributed by atoms with Crippen LogP contribution in [0.1, 0.15) is 117 Å². The van der Waals surface area contributed by atoms with E-state index in [0.717, 1.165) is 77.0 Å². The van der Waals surface area contributed by atoms with Gasteiger partial charge in [-0.3, -0.25) is 18.6 Å². The molecule has 0 heterocycles. The predicted octanol–water partition coefficient (Wildman–Crippen LogP) is 11.0. The Hall–Kier alpha value is -3.07. The second kappa shape index (κ2) is 35.6. The summed E-state index contributed by atoms with van der Waals surface area (Å²) in [6, 6.07) is 0. The summed E-state index contributed by atoms with van der Waals surface area (Å²) < 4.78 is 34.1. The van der Waals surface area contributed by atoms with Crippen molar-refractivity contribution in [2.75, 3.05) is 47.5 Å². The van der Waals surface area contributed by atoms with Gasteiger partial charge in [0.2, 0.25) is 0 Å². The summed E-state index contributed by atoms with van der Waals surface area (Å²) in [7, 11) is 1.40. The molecule has 9 nitrogen and oxygen atoms in total. The third-order valence-electron chi connectivity index (χ3n) is 7.62. The zero-order valence-corrected chi connectivity index (χ0v) is 35.1. The Balaban J connectivity index is 4.58. The minimum absolute atomic E-state index is 0.0102. The molecule has 10 heteroatoms. The first-order valence-electron chi connectivity index (χ1n) is 20.0. The van der Waals surface area contributed by atoms with Crippen LogP contribution in [0.2, 0.25) is 0 Å². The highest BCUT2D eigenvalue weighted by Gasteiger charge is 2.27. The van der Waals surface area contributed by atoms with E-state index >= 15 is 0 Å². The lowest BCUT2D eigenvalue weighted by Gasteiger charge is -2.24. The fraction of sp³-hybridized carbons (Fsp3) is 0.591. The number of carbonyl (C=O) groups is 2. The zero-order valence-electron chi connectivity index (χ0n) is 34.2. The number of rotatable bonds is 34. The van der Waals surface area contributed by atoms with E-state index in [1.807, 2.05) is 33.3 Å². The van der Waals surface area contributed by atoms with Crippen LogP contribution < -0.4 is 0 Å². The molecule has 0 amide bonds. The van der Waals surface area contributed by atoms with Crippen LogP contribution in [-0.2, 0) is 32.7 Å². The summed E-state index contributed by atoms with van der Waals surface area (Å²) in [4.78, 5) is 35.2. The maximum atomic E-state index is 12.6. The van der Waals surface area contributed by atoms with Gasteiger partial charge in [0.1, 0.15) is 19.8 Å². The van der Waals surface area contributed by atoms with E-state index in [9.17, 15) is 19.0 Å². The smallest absolute Gasteiger partial charge is 0.462 e. The molecule has 2 unspecified atom stereocenters. The number of hydrogen-bond acceptors (Lipinski definition) is 7. The van der Waals surface area contributed by atoms with Crippen LogP contribution in [0.4, 0.5) is 0 Å². The Morgan fingerprint density at radius 3 is 1.54 bits per heavy atom. The minimum atomic E-state index is -4.40. The summed E-state index contributed by atoms with van der Waals surface area (Å²) in [5.74, 6) is -0.935. The monoisotopic (exact) mass is 775 g/mol. The van der Waals surface area contributed by atoms with Crippen LogP contribution in [0.25, 0.3) is 0 Å². The van der Waals surface area contributed by atoms with Crippen LogP contribution in [0.3, 0.4) is 0 Å². The summed E-state index contributed by atoms with van der Waals surface area (Å²) in [5, 5.41) is 0. The van der Waals surface area contributed by atoms with Crippen molar-refractivity contribution < 1.29 is 42.1 Å². The number of likely N-dealkylation sites (N-methyl/N-ethyl adjacent to an activating group) is 1. The Labute approximate surface area is 328 Å². The summed E-state index contributed by atoms with van der Waals surface area (Å²) in [6.45, 7) is 4.03. The average molecular weight is 775 g/mol. The molecule has 0 fully saturated rings. The molecule has 0 spiro atoms. The van der Waals surface area contributed by atoms with Gasteiger partial charge in [-0.1, -0.05) is 124 Å². The van der Waals surface area contributed by atoms with Crippen molar-refractivity contribution in [3.63, 3.8) is 0 Å². The van der Waals surface area contributed by atoms with Crippen molar-refractivity contribution in [2.24, 2.45) is 0 Å². The van der Waals surface area contributed by atoms with Crippen molar-refractivity contribution in [1.82, 2.24) is 0 Å². The Kier molecular flexibility index (Phi) is 33.6. The molecule has 0 aromatic carbocycles. The van der Waals surface area contributed by atoms with Gasteiger partial charge in [-0.15, -0.1) is 0 Å². The topological polar surface area (TPSA) is 108 Å². The molecule has 0 aromatic heterocycles. The van der Waals surface area contributed by atoms with Crippen molar-refractivity contribution in [1.29, 1.82) is 0 Å². The van der Waals surface area contributed by atoms with Gasteiger partial charge in [0, 0.05) is 12.8 Å². The molecule has 0 bridgehead atoms. The number of ether oxygens (including phenoxy) is 2. The molecule has 0 aliphatic rings. The van der Waals surface area contributed by atoms with E-state index in [1.165, 1.54) is 0 Å². The van der Waals surface area contributed by atoms with Gasteiger partial charge in [-0.2, -0.15) is 0 Å². The lowest BCUT2D eigenvalue weighted by molar-refractivity contribution is -0.870. The maximum Gasteiger partial charge on any atom is 0.472 e. The van der Waals surface area contributed by atoms with E-state index in [4.69, 9.17) is 18.5 Å². The van der Waals surface area contributed by atoms with Crippen molar-refractivity contribution >= 4 is 19.8 Å². The second-order valence-corrected chi connectivity index (χ2v) is 15.4. The SMILES string of the molecule is CC/C=C\C/C=C\C/C=C\C/C=C\CCCCCCC(=O)OC(COC(=O)CC/C=C\C/C=C\C/C=C\C/C=C\CC)COP(=O)(O)OCC[N+](C)(C)C. The number of esters is 2. The Bertz CT molecular complexity index is 1240. The normalized spacial score (nSPS) is 14.7. The van der Waals surface area contributed by atoms with Crippen molar-refractivity contribution in [2.45, 2.75) is 123 Å². The first-order chi connectivity index (χ1) is 26.0. The highest BCUT2D eigenvalue weighted by atomic mass is 31.2. The summed E-state index contributed by atoms with van der Waals surface area (Å²) in [5.41, 5.74) is 0. The number of hydrogen-bond donors (Lipinski definition) is 1. The van der Waals surface area contributed by atoms with Crippen molar-refractivity contribution in [3.05, 3.63) is 97.2 Å². The molecule has 1 N–H and O–H groups in total. The average Bonchev–Trinajstić information content (AvgIpc) is 3.12. The zero-order chi connectivity index (χ0) is 40.0. The lowest BCUT2D eigenvalue weighted by atomic mass is 10.1. The molecule has 0 saturated carbocycles. The van der Waals surface area contributed by atoms with Gasteiger partial charge in [-0.25, -0.2) is 4.57 Å². The van der Waals surface area contributed by atoms with E-state index < -0.39 is 32.5 Å².